The van der Waals surface area contributed by atoms with Gasteiger partial charge in [-0.2, -0.15) is 5.10 Å². The second-order valence-electron chi connectivity index (χ2n) is 4.72. The fourth-order valence-corrected chi connectivity index (χ4v) is 2.16. The summed E-state index contributed by atoms with van der Waals surface area (Å²) in [4.78, 5) is 28.9. The fourth-order valence-electron chi connectivity index (χ4n) is 2.16. The molecule has 0 radical (unpaired) electrons. The number of benzene rings is 1. The van der Waals surface area contributed by atoms with Crippen LogP contribution in [0.2, 0.25) is 0 Å². The minimum atomic E-state index is -0.405. The van der Waals surface area contributed by atoms with Crippen LogP contribution >= 0.6 is 0 Å². The fraction of sp³-hybridized carbons (Fsp3) is 0.286. The van der Waals surface area contributed by atoms with Gasteiger partial charge in [0.15, 0.2) is 0 Å². The molecule has 1 aliphatic heterocycles. The van der Waals surface area contributed by atoms with E-state index in [0.717, 1.165) is 5.69 Å². The normalized spacial score (nSPS) is 14.0. The van der Waals surface area contributed by atoms with Crippen LogP contribution in [-0.4, -0.2) is 46.5 Å². The van der Waals surface area contributed by atoms with Gasteiger partial charge < -0.3 is 10.1 Å². The second kappa shape index (κ2) is 6.25. The Morgan fingerprint density at radius 2 is 2.14 bits per heavy atom. The van der Waals surface area contributed by atoms with E-state index in [1.807, 2.05) is 0 Å². The van der Waals surface area contributed by atoms with Crippen molar-refractivity contribution >= 4 is 17.7 Å². The van der Waals surface area contributed by atoms with Crippen molar-refractivity contribution in [2.45, 2.75) is 6.54 Å². The molecule has 8 nitrogen and oxygen atoms in total. The molecule has 0 aliphatic carbocycles. The van der Waals surface area contributed by atoms with Gasteiger partial charge in [0.05, 0.1) is 12.1 Å². The summed E-state index contributed by atoms with van der Waals surface area (Å²) in [5.74, 6) is -0.405. The summed E-state index contributed by atoms with van der Waals surface area (Å²) >= 11 is 0. The molecule has 1 aromatic carbocycles. The Hall–Kier alpha value is -2.90. The van der Waals surface area contributed by atoms with E-state index in [-0.39, 0.29) is 12.6 Å². The lowest BCUT2D eigenvalue weighted by Crippen LogP contribution is -2.27. The molecule has 1 N–H and O–H groups in total. The molecule has 0 atom stereocenters. The lowest BCUT2D eigenvalue weighted by Gasteiger charge is -2.14. The molecule has 1 saturated heterocycles. The van der Waals surface area contributed by atoms with Crippen molar-refractivity contribution in [1.29, 1.82) is 0 Å². The monoisotopic (exact) mass is 301 g/mol. The number of amides is 2. The van der Waals surface area contributed by atoms with E-state index < -0.39 is 5.97 Å². The largest absolute Gasteiger partial charge is 0.460 e. The number of hydrogen-bond donors (Lipinski definition) is 1. The summed E-state index contributed by atoms with van der Waals surface area (Å²) in [6, 6.07) is 6.65. The zero-order valence-corrected chi connectivity index (χ0v) is 11.8. The van der Waals surface area contributed by atoms with Gasteiger partial charge in [-0.25, -0.2) is 19.3 Å². The van der Waals surface area contributed by atoms with E-state index >= 15 is 0 Å². The molecule has 1 fully saturated rings. The van der Waals surface area contributed by atoms with E-state index in [0.29, 0.717) is 25.2 Å². The zero-order chi connectivity index (χ0) is 15.4. The second-order valence-corrected chi connectivity index (χ2v) is 4.72. The number of carbonyl (C=O) groups is 2. The van der Waals surface area contributed by atoms with Crippen molar-refractivity contribution in [1.82, 2.24) is 20.1 Å². The molecule has 3 rings (SSSR count). The standard InChI is InChI=1S/C14H15N5O3/c20-13(22-8-7-18-10-15-9-17-18)11-1-3-12(4-2-11)19-6-5-16-14(19)21/h1-4,9-10H,5-8H2,(H,16,21). The first-order chi connectivity index (χ1) is 10.7. The Morgan fingerprint density at radius 3 is 2.77 bits per heavy atom. The summed E-state index contributed by atoms with van der Waals surface area (Å²) in [5.41, 5.74) is 1.20. The highest BCUT2D eigenvalue weighted by Crippen LogP contribution is 2.17. The first-order valence-electron chi connectivity index (χ1n) is 6.89. The highest BCUT2D eigenvalue weighted by Gasteiger charge is 2.21. The summed E-state index contributed by atoms with van der Waals surface area (Å²) in [5, 5.41) is 6.65. The molecule has 22 heavy (non-hydrogen) atoms. The summed E-state index contributed by atoms with van der Waals surface area (Å²) < 4.78 is 6.75. The first kappa shape index (κ1) is 14.1. The number of nitrogens with zero attached hydrogens (tertiary/aromatic N) is 4. The van der Waals surface area contributed by atoms with Crippen LogP contribution in [0.1, 0.15) is 10.4 Å². The number of nitrogens with one attached hydrogen (secondary N) is 1. The van der Waals surface area contributed by atoms with E-state index in [2.05, 4.69) is 15.4 Å². The number of carbonyl (C=O) groups excluding carboxylic acids is 2. The number of aromatic nitrogens is 3. The molecule has 0 unspecified atom stereocenters. The van der Waals surface area contributed by atoms with Crippen molar-refractivity contribution < 1.29 is 14.3 Å². The summed E-state index contributed by atoms with van der Waals surface area (Å²) in [7, 11) is 0. The van der Waals surface area contributed by atoms with Gasteiger partial charge in [0.1, 0.15) is 19.3 Å². The molecule has 0 bridgehead atoms. The number of ether oxygens (including phenoxy) is 1. The van der Waals surface area contributed by atoms with Crippen molar-refractivity contribution in [2.75, 3.05) is 24.6 Å². The van der Waals surface area contributed by atoms with E-state index in [4.69, 9.17) is 4.74 Å². The maximum Gasteiger partial charge on any atom is 0.338 e. The molecule has 2 heterocycles. The molecular formula is C14H15N5O3. The molecule has 114 valence electrons. The Morgan fingerprint density at radius 1 is 1.32 bits per heavy atom. The van der Waals surface area contributed by atoms with Crippen LogP contribution in [0.4, 0.5) is 10.5 Å². The number of rotatable bonds is 5. The third kappa shape index (κ3) is 3.05. The maximum atomic E-state index is 11.9. The van der Waals surface area contributed by atoms with Crippen LogP contribution < -0.4 is 10.2 Å². The molecule has 1 aromatic heterocycles. The number of hydrogen-bond acceptors (Lipinski definition) is 5. The van der Waals surface area contributed by atoms with Crippen LogP contribution in [0.15, 0.2) is 36.9 Å². The van der Waals surface area contributed by atoms with Gasteiger partial charge in [-0.05, 0) is 24.3 Å². The molecule has 2 aromatic rings. The number of esters is 1. The number of urea groups is 1. The summed E-state index contributed by atoms with van der Waals surface area (Å²) in [6.07, 6.45) is 2.98. The molecule has 8 heteroatoms. The molecule has 0 spiro atoms. The van der Waals surface area contributed by atoms with Crippen molar-refractivity contribution in [2.24, 2.45) is 0 Å². The minimum Gasteiger partial charge on any atom is -0.460 e. The lowest BCUT2D eigenvalue weighted by atomic mass is 10.2. The minimum absolute atomic E-state index is 0.122. The van der Waals surface area contributed by atoms with Crippen molar-refractivity contribution in [3.8, 4) is 0 Å². The number of anilines is 1. The average Bonchev–Trinajstić information content (AvgIpc) is 3.19. The predicted molar refractivity (Wildman–Crippen MR) is 77.5 cm³/mol. The maximum absolute atomic E-state index is 11.9. The zero-order valence-electron chi connectivity index (χ0n) is 11.8. The van der Waals surface area contributed by atoms with Crippen LogP contribution in [0.5, 0.6) is 0 Å². The van der Waals surface area contributed by atoms with Crippen molar-refractivity contribution in [3.05, 3.63) is 42.5 Å². The van der Waals surface area contributed by atoms with Crippen LogP contribution in [0.3, 0.4) is 0 Å². The SMILES string of the molecule is O=C(OCCn1cncn1)c1ccc(N2CCNC2=O)cc1. The van der Waals surface area contributed by atoms with Gasteiger partial charge in [0, 0.05) is 18.8 Å². The highest BCUT2D eigenvalue weighted by atomic mass is 16.5. The first-order valence-corrected chi connectivity index (χ1v) is 6.89. The third-order valence-electron chi connectivity index (χ3n) is 3.29. The Bertz CT molecular complexity index is 654. The van der Waals surface area contributed by atoms with Crippen molar-refractivity contribution in [3.63, 3.8) is 0 Å². The molecule has 1 aliphatic rings. The van der Waals surface area contributed by atoms with Crippen LogP contribution in [0, 0.1) is 0 Å². The van der Waals surface area contributed by atoms with Gasteiger partial charge in [0.25, 0.3) is 0 Å². The molecular weight excluding hydrogens is 286 g/mol. The van der Waals surface area contributed by atoms with E-state index in [1.54, 1.807) is 40.2 Å². The van der Waals surface area contributed by atoms with E-state index in [1.165, 1.54) is 6.33 Å². The highest BCUT2D eigenvalue weighted by molar-refractivity contribution is 5.95. The Balaban J connectivity index is 1.55. The van der Waals surface area contributed by atoms with Crippen LogP contribution in [-0.2, 0) is 11.3 Å². The topological polar surface area (TPSA) is 89.3 Å². The third-order valence-corrected chi connectivity index (χ3v) is 3.29. The van der Waals surface area contributed by atoms with Gasteiger partial charge in [-0.15, -0.1) is 0 Å². The quantitative estimate of drug-likeness (QED) is 0.820. The van der Waals surface area contributed by atoms with Gasteiger partial charge in [0.2, 0.25) is 0 Å². The van der Waals surface area contributed by atoms with Crippen LogP contribution in [0.25, 0.3) is 0 Å². The Labute approximate surface area is 126 Å². The van der Waals surface area contributed by atoms with Gasteiger partial charge in [-0.3, -0.25) is 4.90 Å². The van der Waals surface area contributed by atoms with Gasteiger partial charge in [-0.1, -0.05) is 0 Å². The smallest absolute Gasteiger partial charge is 0.338 e. The summed E-state index contributed by atoms with van der Waals surface area (Å²) in [6.45, 7) is 1.93. The average molecular weight is 301 g/mol. The van der Waals surface area contributed by atoms with Gasteiger partial charge >= 0.3 is 12.0 Å². The predicted octanol–water partition coefficient (Wildman–Crippen LogP) is 0.665. The van der Waals surface area contributed by atoms with E-state index in [9.17, 15) is 9.59 Å². The Kier molecular flexibility index (Phi) is 3.99. The lowest BCUT2D eigenvalue weighted by molar-refractivity contribution is 0.0487. The molecule has 2 amide bonds. The molecule has 0 saturated carbocycles.